The van der Waals surface area contributed by atoms with E-state index >= 15 is 0 Å². The zero-order chi connectivity index (χ0) is 13.1. The highest BCUT2D eigenvalue weighted by Crippen LogP contribution is 2.36. The van der Waals surface area contributed by atoms with Gasteiger partial charge in [0.05, 0.1) is 6.61 Å². The maximum absolute atomic E-state index is 12.3. The molecule has 0 spiro atoms. The van der Waals surface area contributed by atoms with Crippen LogP contribution in [-0.2, 0) is 4.74 Å². The molecule has 1 saturated carbocycles. The van der Waals surface area contributed by atoms with E-state index in [0.717, 1.165) is 12.8 Å². The van der Waals surface area contributed by atoms with Gasteiger partial charge in [0, 0.05) is 6.04 Å². The van der Waals surface area contributed by atoms with Gasteiger partial charge in [0.15, 0.2) is 0 Å². The van der Waals surface area contributed by atoms with E-state index < -0.39 is 31.5 Å². The van der Waals surface area contributed by atoms with Crippen molar-refractivity contribution in [3.63, 3.8) is 0 Å². The molecule has 1 unspecified atom stereocenters. The summed E-state index contributed by atoms with van der Waals surface area (Å²) in [7, 11) is 0. The molecule has 1 fully saturated rings. The Morgan fingerprint density at radius 1 is 1.53 bits per heavy atom. The first-order chi connectivity index (χ1) is 7.85. The third-order valence-corrected chi connectivity index (χ3v) is 2.70. The van der Waals surface area contributed by atoms with Gasteiger partial charge in [-0.2, -0.15) is 13.2 Å². The Morgan fingerprint density at radius 3 is 2.53 bits per heavy atom. The second kappa shape index (κ2) is 5.57. The first-order valence-corrected chi connectivity index (χ1v) is 5.46. The Hall–Kier alpha value is -0.980. The predicted molar refractivity (Wildman–Crippen MR) is 53.4 cm³/mol. The first kappa shape index (κ1) is 14.1. The van der Waals surface area contributed by atoms with Crippen molar-refractivity contribution in [2.45, 2.75) is 32.0 Å². The summed E-state index contributed by atoms with van der Waals surface area (Å²) < 4.78 is 41.5. The topological polar surface area (TPSA) is 49.8 Å². The van der Waals surface area contributed by atoms with Crippen LogP contribution in [0.25, 0.3) is 0 Å². The van der Waals surface area contributed by atoms with Crippen LogP contribution in [0.15, 0.2) is 0 Å². The number of carbonyl (C=O) groups excluding carboxylic acids is 1. The van der Waals surface area contributed by atoms with Gasteiger partial charge >= 0.3 is 12.3 Å². The van der Waals surface area contributed by atoms with Gasteiger partial charge < -0.3 is 9.84 Å². The number of rotatable bonds is 5. The van der Waals surface area contributed by atoms with Crippen molar-refractivity contribution in [1.82, 2.24) is 4.90 Å². The number of amides is 1. The lowest BCUT2D eigenvalue weighted by molar-refractivity contribution is -0.147. The van der Waals surface area contributed by atoms with Crippen molar-refractivity contribution in [1.29, 1.82) is 0 Å². The monoisotopic (exact) mass is 255 g/mol. The van der Waals surface area contributed by atoms with E-state index in [1.807, 2.05) is 0 Å². The van der Waals surface area contributed by atoms with Gasteiger partial charge in [0.2, 0.25) is 0 Å². The van der Waals surface area contributed by atoms with Crippen LogP contribution in [0.2, 0.25) is 0 Å². The van der Waals surface area contributed by atoms with Gasteiger partial charge in [0.25, 0.3) is 0 Å². The highest BCUT2D eigenvalue weighted by molar-refractivity contribution is 5.68. The van der Waals surface area contributed by atoms with Crippen molar-refractivity contribution in [2.75, 3.05) is 19.8 Å². The van der Waals surface area contributed by atoms with E-state index in [0.29, 0.717) is 4.90 Å². The summed E-state index contributed by atoms with van der Waals surface area (Å²) >= 11 is 0. The maximum Gasteiger partial charge on any atom is 0.410 e. The fourth-order valence-corrected chi connectivity index (χ4v) is 1.62. The van der Waals surface area contributed by atoms with Crippen LogP contribution in [-0.4, -0.2) is 48.1 Å². The fourth-order valence-electron chi connectivity index (χ4n) is 1.62. The summed E-state index contributed by atoms with van der Waals surface area (Å²) in [5.74, 6) is 0.124. The fraction of sp³-hybridized carbons (Fsp3) is 0.900. The molecule has 0 aliphatic heterocycles. The molecule has 0 aromatic heterocycles. The van der Waals surface area contributed by atoms with Gasteiger partial charge in [-0.1, -0.05) is 0 Å². The number of hydrogen-bond acceptors (Lipinski definition) is 3. The Morgan fingerprint density at radius 2 is 2.12 bits per heavy atom. The van der Waals surface area contributed by atoms with Crippen molar-refractivity contribution < 1.29 is 27.8 Å². The molecule has 0 aromatic rings. The second-order valence-electron chi connectivity index (χ2n) is 4.16. The van der Waals surface area contributed by atoms with E-state index in [9.17, 15) is 18.0 Å². The molecular formula is C10H16F3NO3. The number of halogens is 3. The molecule has 0 heterocycles. The molecule has 0 aromatic carbocycles. The van der Waals surface area contributed by atoms with Crippen LogP contribution in [0.1, 0.15) is 19.8 Å². The molecule has 0 bridgehead atoms. The molecule has 1 rings (SSSR count). The van der Waals surface area contributed by atoms with E-state index in [4.69, 9.17) is 5.11 Å². The minimum atomic E-state index is -4.44. The largest absolute Gasteiger partial charge is 0.447 e. The first-order valence-electron chi connectivity index (χ1n) is 5.46. The van der Waals surface area contributed by atoms with Crippen LogP contribution in [0.4, 0.5) is 18.0 Å². The molecule has 0 saturated heterocycles. The summed E-state index contributed by atoms with van der Waals surface area (Å²) in [6.45, 7) is -0.410. The zero-order valence-corrected chi connectivity index (χ0v) is 9.54. The zero-order valence-electron chi connectivity index (χ0n) is 9.54. The Bertz CT molecular complexity index is 266. The van der Waals surface area contributed by atoms with Crippen LogP contribution < -0.4 is 0 Å². The van der Waals surface area contributed by atoms with Crippen LogP contribution >= 0.6 is 0 Å². The number of aliphatic hydroxyl groups is 1. The molecule has 17 heavy (non-hydrogen) atoms. The normalized spacial score (nSPS) is 17.7. The number of carbonyl (C=O) groups is 1. The Labute approximate surface area is 97.3 Å². The van der Waals surface area contributed by atoms with Gasteiger partial charge in [0.1, 0.15) is 13.2 Å². The van der Waals surface area contributed by atoms with Crippen LogP contribution in [0.3, 0.4) is 0 Å². The minimum Gasteiger partial charge on any atom is -0.447 e. The average molecular weight is 255 g/mol. The molecule has 100 valence electrons. The van der Waals surface area contributed by atoms with Crippen LogP contribution in [0.5, 0.6) is 0 Å². The van der Waals surface area contributed by atoms with Crippen molar-refractivity contribution >= 4 is 6.09 Å². The van der Waals surface area contributed by atoms with Gasteiger partial charge in [-0.25, -0.2) is 4.79 Å². The summed E-state index contributed by atoms with van der Waals surface area (Å²) in [5, 5.41) is 8.47. The number of ether oxygens (including phenoxy) is 1. The molecule has 4 nitrogen and oxygen atoms in total. The van der Waals surface area contributed by atoms with Crippen LogP contribution in [0, 0.1) is 5.92 Å². The average Bonchev–Trinajstić information content (AvgIpc) is 3.03. The number of alkyl halides is 3. The van der Waals surface area contributed by atoms with Crippen molar-refractivity contribution in [3.05, 3.63) is 0 Å². The highest BCUT2D eigenvalue weighted by Gasteiger charge is 2.41. The lowest BCUT2D eigenvalue weighted by Gasteiger charge is -2.29. The lowest BCUT2D eigenvalue weighted by atomic mass is 10.2. The van der Waals surface area contributed by atoms with E-state index in [1.54, 1.807) is 6.92 Å². The molecule has 1 atom stereocenters. The summed E-state index contributed by atoms with van der Waals surface area (Å²) in [4.78, 5) is 12.1. The summed E-state index contributed by atoms with van der Waals surface area (Å²) in [5.41, 5.74) is 0. The number of aliphatic hydroxyl groups excluding tert-OH is 1. The number of hydrogen-bond donors (Lipinski definition) is 1. The standard InChI is InChI=1S/C10H16F3NO3/c1-7(8-2-3-8)14(6-10(11,12)13)9(16)17-5-4-15/h7-8,15H,2-6H2,1H3. The highest BCUT2D eigenvalue weighted by atomic mass is 19.4. The SMILES string of the molecule is CC(C1CC1)N(CC(F)(F)F)C(=O)OCCO. The van der Waals surface area contributed by atoms with Gasteiger partial charge in [-0.15, -0.1) is 0 Å². The Balaban J connectivity index is 2.60. The molecule has 1 amide bonds. The molecular weight excluding hydrogens is 239 g/mol. The molecule has 7 heteroatoms. The third-order valence-electron chi connectivity index (χ3n) is 2.70. The van der Waals surface area contributed by atoms with Crippen molar-refractivity contribution in [2.24, 2.45) is 5.92 Å². The molecule has 1 N–H and O–H groups in total. The smallest absolute Gasteiger partial charge is 0.410 e. The van der Waals surface area contributed by atoms with E-state index in [1.165, 1.54) is 0 Å². The predicted octanol–water partition coefficient (Wildman–Crippen LogP) is 1.78. The molecule has 1 aliphatic carbocycles. The van der Waals surface area contributed by atoms with E-state index in [-0.39, 0.29) is 12.5 Å². The van der Waals surface area contributed by atoms with Gasteiger partial charge in [-0.3, -0.25) is 4.90 Å². The third kappa shape index (κ3) is 4.80. The number of nitrogens with zero attached hydrogens (tertiary/aromatic N) is 1. The molecule has 0 radical (unpaired) electrons. The summed E-state index contributed by atoms with van der Waals surface area (Å²) in [6, 6.07) is -0.484. The molecule has 1 aliphatic rings. The lowest BCUT2D eigenvalue weighted by Crippen LogP contribution is -2.45. The summed E-state index contributed by atoms with van der Waals surface area (Å²) in [6.07, 6.45) is -3.79. The van der Waals surface area contributed by atoms with Crippen molar-refractivity contribution in [3.8, 4) is 0 Å². The Kier molecular flexibility index (Phi) is 4.62. The minimum absolute atomic E-state index is 0.124. The van der Waals surface area contributed by atoms with E-state index in [2.05, 4.69) is 4.74 Å². The maximum atomic E-state index is 12.3. The van der Waals surface area contributed by atoms with Gasteiger partial charge in [-0.05, 0) is 25.7 Å². The quantitative estimate of drug-likeness (QED) is 0.814. The second-order valence-corrected chi connectivity index (χ2v) is 4.16.